The first-order chi connectivity index (χ1) is 11.0. The number of hydrogen-bond donors (Lipinski definition) is 1. The van der Waals surface area contributed by atoms with Crippen LogP contribution in [0.2, 0.25) is 0 Å². The fraction of sp³-hybridized carbons (Fsp3) is 0.188. The molecular formula is C16H14IN3O2S. The van der Waals surface area contributed by atoms with Crippen molar-refractivity contribution in [3.05, 3.63) is 55.0 Å². The quantitative estimate of drug-likeness (QED) is 0.634. The Kier molecular flexibility index (Phi) is 4.49. The normalized spacial score (nSPS) is 10.9. The number of aromatic nitrogens is 2. The number of carbonyl (C=O) groups excluding carboxylic acids is 1. The van der Waals surface area contributed by atoms with Crippen molar-refractivity contribution in [2.45, 2.75) is 20.4 Å². The monoisotopic (exact) mass is 439 g/mol. The maximum Gasteiger partial charge on any atom is 0.266 e. The number of carbonyl (C=O) groups is 1. The van der Waals surface area contributed by atoms with Gasteiger partial charge in [0.1, 0.15) is 4.83 Å². The lowest BCUT2D eigenvalue weighted by molar-refractivity contribution is 0.103. The standard InChI is InChI=1S/C16H14IN3O2S/c1-3-20-8-18-15-12(16(20)22)9(2)13(23-15)14(21)19-11-6-4-10(17)5-7-11/h4-8H,3H2,1-2H3,(H,19,21). The number of rotatable bonds is 3. The molecule has 0 saturated carbocycles. The van der Waals surface area contributed by atoms with Crippen molar-refractivity contribution in [1.29, 1.82) is 0 Å². The van der Waals surface area contributed by atoms with E-state index in [4.69, 9.17) is 0 Å². The smallest absolute Gasteiger partial charge is 0.266 e. The maximum absolute atomic E-state index is 12.5. The highest BCUT2D eigenvalue weighted by Crippen LogP contribution is 2.27. The summed E-state index contributed by atoms with van der Waals surface area (Å²) < 4.78 is 2.64. The average molecular weight is 439 g/mol. The molecular weight excluding hydrogens is 425 g/mol. The van der Waals surface area contributed by atoms with Crippen molar-refractivity contribution in [3.8, 4) is 0 Å². The van der Waals surface area contributed by atoms with Gasteiger partial charge in [-0.2, -0.15) is 0 Å². The summed E-state index contributed by atoms with van der Waals surface area (Å²) >= 11 is 3.46. The molecule has 0 bridgehead atoms. The fourth-order valence-corrected chi connectivity index (χ4v) is 3.72. The van der Waals surface area contributed by atoms with Crippen molar-refractivity contribution in [2.24, 2.45) is 0 Å². The van der Waals surface area contributed by atoms with Crippen LogP contribution in [0.15, 0.2) is 35.4 Å². The van der Waals surface area contributed by atoms with Crippen LogP contribution in [0.3, 0.4) is 0 Å². The van der Waals surface area contributed by atoms with E-state index in [1.165, 1.54) is 17.7 Å². The third kappa shape index (κ3) is 3.02. The van der Waals surface area contributed by atoms with E-state index in [-0.39, 0.29) is 11.5 Å². The fourth-order valence-electron chi connectivity index (χ4n) is 2.32. The lowest BCUT2D eigenvalue weighted by Crippen LogP contribution is -2.19. The summed E-state index contributed by atoms with van der Waals surface area (Å²) in [6.07, 6.45) is 1.53. The van der Waals surface area contributed by atoms with Crippen molar-refractivity contribution in [1.82, 2.24) is 9.55 Å². The first-order valence-corrected chi connectivity index (χ1v) is 8.96. The molecule has 7 heteroatoms. The van der Waals surface area contributed by atoms with Crippen molar-refractivity contribution in [2.75, 3.05) is 5.32 Å². The van der Waals surface area contributed by atoms with Gasteiger partial charge in [0.25, 0.3) is 11.5 Å². The van der Waals surface area contributed by atoms with Gasteiger partial charge in [-0.1, -0.05) is 0 Å². The van der Waals surface area contributed by atoms with Crippen LogP contribution >= 0.6 is 33.9 Å². The molecule has 3 aromatic rings. The van der Waals surface area contributed by atoms with Gasteiger partial charge >= 0.3 is 0 Å². The van der Waals surface area contributed by atoms with E-state index in [1.807, 2.05) is 31.2 Å². The van der Waals surface area contributed by atoms with Crippen LogP contribution in [0, 0.1) is 10.5 Å². The van der Waals surface area contributed by atoms with E-state index in [0.717, 1.165) is 9.26 Å². The summed E-state index contributed by atoms with van der Waals surface area (Å²) in [5.74, 6) is -0.214. The van der Waals surface area contributed by atoms with E-state index >= 15 is 0 Å². The lowest BCUT2D eigenvalue weighted by Gasteiger charge is -2.04. The summed E-state index contributed by atoms with van der Waals surface area (Å²) in [6, 6.07) is 7.56. The molecule has 2 aromatic heterocycles. The molecule has 0 aliphatic carbocycles. The average Bonchev–Trinajstić information content (AvgIpc) is 2.88. The van der Waals surface area contributed by atoms with Gasteiger partial charge in [0.2, 0.25) is 0 Å². The Hall–Kier alpha value is -1.74. The van der Waals surface area contributed by atoms with Crippen LogP contribution in [0.1, 0.15) is 22.2 Å². The van der Waals surface area contributed by atoms with Crippen molar-refractivity contribution in [3.63, 3.8) is 0 Å². The molecule has 23 heavy (non-hydrogen) atoms. The predicted molar refractivity (Wildman–Crippen MR) is 101 cm³/mol. The number of nitrogens with one attached hydrogen (secondary N) is 1. The number of nitrogens with zero attached hydrogens (tertiary/aromatic N) is 2. The zero-order valence-electron chi connectivity index (χ0n) is 12.6. The molecule has 0 aliphatic rings. The van der Waals surface area contributed by atoms with Crippen LogP contribution in [0.5, 0.6) is 0 Å². The zero-order chi connectivity index (χ0) is 16.6. The number of anilines is 1. The van der Waals surface area contributed by atoms with Gasteiger partial charge in [0, 0.05) is 15.8 Å². The van der Waals surface area contributed by atoms with Crippen LogP contribution < -0.4 is 10.9 Å². The summed E-state index contributed by atoms with van der Waals surface area (Å²) in [5.41, 5.74) is 1.32. The van der Waals surface area contributed by atoms with Crippen molar-refractivity contribution >= 4 is 55.7 Å². The molecule has 0 saturated heterocycles. The number of fused-ring (bicyclic) bond motifs is 1. The minimum Gasteiger partial charge on any atom is -0.321 e. The highest BCUT2D eigenvalue weighted by molar-refractivity contribution is 14.1. The molecule has 0 atom stereocenters. The summed E-state index contributed by atoms with van der Waals surface area (Å²) in [6.45, 7) is 4.24. The molecule has 0 fully saturated rings. The van der Waals surface area contributed by atoms with E-state index < -0.39 is 0 Å². The zero-order valence-corrected chi connectivity index (χ0v) is 15.6. The van der Waals surface area contributed by atoms with Gasteiger partial charge in [0.05, 0.1) is 16.6 Å². The van der Waals surface area contributed by atoms with Gasteiger partial charge in [-0.05, 0) is 66.3 Å². The lowest BCUT2D eigenvalue weighted by atomic mass is 10.2. The SMILES string of the molecule is CCn1cnc2sc(C(=O)Nc3ccc(I)cc3)c(C)c2c1=O. The predicted octanol–water partition coefficient (Wildman–Crippen LogP) is 3.64. The molecule has 1 amide bonds. The summed E-state index contributed by atoms with van der Waals surface area (Å²) in [4.78, 5) is 30.3. The van der Waals surface area contributed by atoms with Gasteiger partial charge in [-0.25, -0.2) is 4.98 Å². The van der Waals surface area contributed by atoms with Crippen LogP contribution in [-0.2, 0) is 6.54 Å². The molecule has 0 radical (unpaired) electrons. The van der Waals surface area contributed by atoms with Gasteiger partial charge in [-0.3, -0.25) is 14.2 Å². The first kappa shape index (κ1) is 16.1. The Bertz CT molecular complexity index is 944. The van der Waals surface area contributed by atoms with Crippen LogP contribution in [-0.4, -0.2) is 15.5 Å². The van der Waals surface area contributed by atoms with E-state index in [9.17, 15) is 9.59 Å². The number of hydrogen-bond acceptors (Lipinski definition) is 4. The first-order valence-electron chi connectivity index (χ1n) is 7.06. The molecule has 3 rings (SSSR count). The maximum atomic E-state index is 12.5. The largest absolute Gasteiger partial charge is 0.321 e. The highest BCUT2D eigenvalue weighted by atomic mass is 127. The number of aryl methyl sites for hydroxylation is 2. The van der Waals surface area contributed by atoms with E-state index in [0.29, 0.717) is 27.2 Å². The molecule has 0 spiro atoms. The Balaban J connectivity index is 2.01. The van der Waals surface area contributed by atoms with Crippen LogP contribution in [0.25, 0.3) is 10.2 Å². The van der Waals surface area contributed by atoms with Gasteiger partial charge in [-0.15, -0.1) is 11.3 Å². The highest BCUT2D eigenvalue weighted by Gasteiger charge is 2.19. The second-order valence-electron chi connectivity index (χ2n) is 5.03. The molecule has 0 unspecified atom stereocenters. The third-order valence-corrected chi connectivity index (χ3v) is 5.48. The van der Waals surface area contributed by atoms with Crippen molar-refractivity contribution < 1.29 is 4.79 Å². The topological polar surface area (TPSA) is 64.0 Å². The second-order valence-corrected chi connectivity index (χ2v) is 7.28. The van der Waals surface area contributed by atoms with Gasteiger partial charge in [0.15, 0.2) is 0 Å². The Morgan fingerprint density at radius 3 is 2.70 bits per heavy atom. The summed E-state index contributed by atoms with van der Waals surface area (Å²) in [7, 11) is 0. The minimum absolute atomic E-state index is 0.0976. The van der Waals surface area contributed by atoms with Crippen LogP contribution in [0.4, 0.5) is 5.69 Å². The number of amides is 1. The summed E-state index contributed by atoms with van der Waals surface area (Å²) in [5, 5.41) is 3.40. The van der Waals surface area contributed by atoms with Gasteiger partial charge < -0.3 is 5.32 Å². The second kappa shape index (κ2) is 6.40. The Morgan fingerprint density at radius 2 is 2.04 bits per heavy atom. The Labute approximate surface area is 150 Å². The molecule has 2 heterocycles. The molecule has 118 valence electrons. The molecule has 1 aromatic carbocycles. The third-order valence-electron chi connectivity index (χ3n) is 3.57. The van der Waals surface area contributed by atoms with E-state index in [2.05, 4.69) is 32.9 Å². The van der Waals surface area contributed by atoms with E-state index in [1.54, 1.807) is 11.5 Å². The Morgan fingerprint density at radius 1 is 1.35 bits per heavy atom. The minimum atomic E-state index is -0.214. The molecule has 5 nitrogen and oxygen atoms in total. The number of benzene rings is 1. The number of halogens is 1. The molecule has 1 N–H and O–H groups in total. The number of thiophene rings is 1. The molecule has 0 aliphatic heterocycles.